The lowest BCUT2D eigenvalue weighted by Gasteiger charge is -2.38. The van der Waals surface area contributed by atoms with E-state index in [1.807, 2.05) is 12.1 Å². The van der Waals surface area contributed by atoms with E-state index in [1.165, 1.54) is 5.56 Å². The van der Waals surface area contributed by atoms with Crippen molar-refractivity contribution >= 4 is 6.09 Å². The molecule has 0 radical (unpaired) electrons. The Morgan fingerprint density at radius 1 is 1.41 bits per heavy atom. The van der Waals surface area contributed by atoms with Gasteiger partial charge < -0.3 is 15.4 Å². The zero-order valence-corrected chi connectivity index (χ0v) is 10.3. The van der Waals surface area contributed by atoms with Crippen LogP contribution in [0.4, 0.5) is 4.79 Å². The summed E-state index contributed by atoms with van der Waals surface area (Å²) in [4.78, 5) is 12.9. The molecule has 0 aliphatic carbocycles. The van der Waals surface area contributed by atoms with E-state index in [0.29, 0.717) is 19.7 Å². The van der Waals surface area contributed by atoms with Gasteiger partial charge in [-0.3, -0.25) is 0 Å². The van der Waals surface area contributed by atoms with E-state index < -0.39 is 0 Å². The Morgan fingerprint density at radius 2 is 2.06 bits per heavy atom. The number of carbonyl (C=O) groups is 1. The third-order valence-electron chi connectivity index (χ3n) is 3.30. The fourth-order valence-electron chi connectivity index (χ4n) is 2.18. The van der Waals surface area contributed by atoms with Crippen LogP contribution in [0.25, 0.3) is 0 Å². The second-order valence-electron chi connectivity index (χ2n) is 4.87. The second kappa shape index (κ2) is 4.37. The van der Waals surface area contributed by atoms with Crippen molar-refractivity contribution in [2.45, 2.75) is 18.9 Å². The SMILES string of the molecule is CN1CC(C)(c2ccc(CN)cc2)COC1=O. The summed E-state index contributed by atoms with van der Waals surface area (Å²) in [6.07, 6.45) is -0.249. The minimum absolute atomic E-state index is 0.143. The number of cyclic esters (lactones) is 1. The second-order valence-corrected chi connectivity index (χ2v) is 4.87. The number of nitrogens with two attached hydrogens (primary N) is 1. The van der Waals surface area contributed by atoms with Crippen molar-refractivity contribution in [1.29, 1.82) is 0 Å². The minimum atomic E-state index is -0.249. The van der Waals surface area contributed by atoms with Gasteiger partial charge in [-0.1, -0.05) is 31.2 Å². The van der Waals surface area contributed by atoms with Crippen molar-refractivity contribution in [3.63, 3.8) is 0 Å². The predicted molar refractivity (Wildman–Crippen MR) is 65.7 cm³/mol. The molecule has 1 aromatic carbocycles. The van der Waals surface area contributed by atoms with Gasteiger partial charge in [0, 0.05) is 25.6 Å². The molecule has 0 spiro atoms. The van der Waals surface area contributed by atoms with E-state index in [1.54, 1.807) is 11.9 Å². The largest absolute Gasteiger partial charge is 0.448 e. The first-order valence-electron chi connectivity index (χ1n) is 5.72. The van der Waals surface area contributed by atoms with E-state index in [4.69, 9.17) is 10.5 Å². The Morgan fingerprint density at radius 3 is 2.59 bits per heavy atom. The summed E-state index contributed by atoms with van der Waals surface area (Å²) in [6, 6.07) is 8.18. The van der Waals surface area contributed by atoms with Gasteiger partial charge >= 0.3 is 6.09 Å². The van der Waals surface area contributed by atoms with E-state index in [9.17, 15) is 4.79 Å². The fourth-order valence-corrected chi connectivity index (χ4v) is 2.18. The summed E-state index contributed by atoms with van der Waals surface area (Å²) in [5.74, 6) is 0. The van der Waals surface area contributed by atoms with Crippen molar-refractivity contribution < 1.29 is 9.53 Å². The maximum atomic E-state index is 11.3. The highest BCUT2D eigenvalue weighted by Crippen LogP contribution is 2.28. The van der Waals surface area contributed by atoms with Gasteiger partial charge in [0.2, 0.25) is 0 Å². The lowest BCUT2D eigenvalue weighted by Crippen LogP contribution is -2.49. The molecule has 17 heavy (non-hydrogen) atoms. The number of hydrogen-bond acceptors (Lipinski definition) is 3. The van der Waals surface area contributed by atoms with Gasteiger partial charge in [0.25, 0.3) is 0 Å². The van der Waals surface area contributed by atoms with E-state index in [-0.39, 0.29) is 11.5 Å². The van der Waals surface area contributed by atoms with Gasteiger partial charge in [-0.2, -0.15) is 0 Å². The topological polar surface area (TPSA) is 55.6 Å². The molecule has 1 fully saturated rings. The molecule has 1 aromatic rings. The van der Waals surface area contributed by atoms with Crippen LogP contribution in [0.15, 0.2) is 24.3 Å². The Kier molecular flexibility index (Phi) is 3.07. The molecule has 0 aromatic heterocycles. The number of likely N-dealkylation sites (N-methyl/N-ethyl adjacent to an activating group) is 1. The maximum Gasteiger partial charge on any atom is 0.409 e. The van der Waals surface area contributed by atoms with E-state index >= 15 is 0 Å². The summed E-state index contributed by atoms with van der Waals surface area (Å²) in [6.45, 7) is 3.76. The molecular weight excluding hydrogens is 216 g/mol. The van der Waals surface area contributed by atoms with Crippen LogP contribution in [0, 0.1) is 0 Å². The summed E-state index contributed by atoms with van der Waals surface area (Å²) in [5, 5.41) is 0. The number of rotatable bonds is 2. The molecule has 0 bridgehead atoms. The number of benzene rings is 1. The molecule has 1 heterocycles. The molecule has 1 atom stereocenters. The van der Waals surface area contributed by atoms with Crippen LogP contribution in [-0.2, 0) is 16.7 Å². The molecular formula is C13H18N2O2. The molecule has 1 aliphatic rings. The van der Waals surface area contributed by atoms with Gasteiger partial charge in [-0.15, -0.1) is 0 Å². The first-order chi connectivity index (χ1) is 8.05. The number of amides is 1. The average Bonchev–Trinajstić information content (AvgIpc) is 2.34. The van der Waals surface area contributed by atoms with Gasteiger partial charge in [0.15, 0.2) is 0 Å². The smallest absolute Gasteiger partial charge is 0.409 e. The van der Waals surface area contributed by atoms with Crippen LogP contribution in [0.2, 0.25) is 0 Å². The molecule has 4 heteroatoms. The highest BCUT2D eigenvalue weighted by molar-refractivity contribution is 5.68. The maximum absolute atomic E-state index is 11.3. The van der Waals surface area contributed by atoms with Crippen LogP contribution in [0.1, 0.15) is 18.1 Å². The summed E-state index contributed by atoms with van der Waals surface area (Å²) >= 11 is 0. The van der Waals surface area contributed by atoms with Gasteiger partial charge in [0.1, 0.15) is 6.61 Å². The number of hydrogen-bond donors (Lipinski definition) is 1. The molecule has 1 aliphatic heterocycles. The minimum Gasteiger partial charge on any atom is -0.448 e. The number of ether oxygens (including phenoxy) is 1. The molecule has 2 rings (SSSR count). The zero-order valence-electron chi connectivity index (χ0n) is 10.3. The third-order valence-corrected chi connectivity index (χ3v) is 3.30. The van der Waals surface area contributed by atoms with Gasteiger partial charge in [-0.25, -0.2) is 4.79 Å². The Labute approximate surface area is 101 Å². The van der Waals surface area contributed by atoms with Crippen LogP contribution in [0.3, 0.4) is 0 Å². The Bertz CT molecular complexity index is 416. The van der Waals surface area contributed by atoms with Gasteiger partial charge in [-0.05, 0) is 11.1 Å². The number of nitrogens with zero attached hydrogens (tertiary/aromatic N) is 1. The lowest BCUT2D eigenvalue weighted by molar-refractivity contribution is 0.0430. The summed E-state index contributed by atoms with van der Waals surface area (Å²) in [7, 11) is 1.76. The van der Waals surface area contributed by atoms with E-state index in [2.05, 4.69) is 19.1 Å². The average molecular weight is 234 g/mol. The molecule has 1 amide bonds. The van der Waals surface area contributed by atoms with Crippen molar-refractivity contribution in [3.8, 4) is 0 Å². The normalized spacial score (nSPS) is 24.6. The summed E-state index contributed by atoms with van der Waals surface area (Å²) < 4.78 is 5.18. The highest BCUT2D eigenvalue weighted by Gasteiger charge is 2.36. The molecule has 4 nitrogen and oxygen atoms in total. The monoisotopic (exact) mass is 234 g/mol. The summed E-state index contributed by atoms with van der Waals surface area (Å²) in [5.41, 5.74) is 7.72. The van der Waals surface area contributed by atoms with Crippen molar-refractivity contribution in [3.05, 3.63) is 35.4 Å². The zero-order chi connectivity index (χ0) is 12.5. The van der Waals surface area contributed by atoms with Crippen molar-refractivity contribution in [2.75, 3.05) is 20.2 Å². The standard InChI is InChI=1S/C13H18N2O2/c1-13(8-15(2)12(16)17-9-13)11-5-3-10(7-14)4-6-11/h3-6H,7-9,14H2,1-2H3. The van der Waals surface area contributed by atoms with Gasteiger partial charge in [0.05, 0.1) is 0 Å². The Hall–Kier alpha value is -1.55. The first-order valence-corrected chi connectivity index (χ1v) is 5.72. The molecule has 1 saturated heterocycles. The molecule has 2 N–H and O–H groups in total. The van der Waals surface area contributed by atoms with Crippen molar-refractivity contribution in [1.82, 2.24) is 4.90 Å². The fraction of sp³-hybridized carbons (Fsp3) is 0.462. The quantitative estimate of drug-likeness (QED) is 0.843. The van der Waals surface area contributed by atoms with Crippen LogP contribution in [-0.4, -0.2) is 31.2 Å². The van der Waals surface area contributed by atoms with Crippen LogP contribution >= 0.6 is 0 Å². The predicted octanol–water partition coefficient (Wildman–Crippen LogP) is 1.49. The lowest BCUT2D eigenvalue weighted by atomic mass is 9.82. The molecule has 0 saturated carbocycles. The third kappa shape index (κ3) is 2.26. The Balaban J connectivity index is 2.22. The van der Waals surface area contributed by atoms with Crippen LogP contribution in [0.5, 0.6) is 0 Å². The van der Waals surface area contributed by atoms with E-state index in [0.717, 1.165) is 5.56 Å². The first kappa shape index (κ1) is 11.9. The van der Waals surface area contributed by atoms with Crippen molar-refractivity contribution in [2.24, 2.45) is 5.73 Å². The van der Waals surface area contributed by atoms with Crippen LogP contribution < -0.4 is 5.73 Å². The number of carbonyl (C=O) groups excluding carboxylic acids is 1. The molecule has 1 unspecified atom stereocenters. The molecule has 92 valence electrons. The highest BCUT2D eigenvalue weighted by atomic mass is 16.6.